The van der Waals surface area contributed by atoms with Crippen molar-refractivity contribution in [2.75, 3.05) is 36.0 Å². The number of aromatic nitrogens is 2. The van der Waals surface area contributed by atoms with Crippen LogP contribution in [0.2, 0.25) is 0 Å². The number of nitrogens with zero attached hydrogens (tertiary/aromatic N) is 4. The van der Waals surface area contributed by atoms with Crippen molar-refractivity contribution >= 4 is 11.6 Å². The fourth-order valence-electron chi connectivity index (χ4n) is 3.79. The Kier molecular flexibility index (Phi) is 4.73. The molecular weight excluding hydrogens is 292 g/mol. The zero-order valence-corrected chi connectivity index (χ0v) is 14.4. The van der Waals surface area contributed by atoms with Crippen molar-refractivity contribution in [1.82, 2.24) is 9.97 Å². The van der Waals surface area contributed by atoms with Crippen LogP contribution in [0.3, 0.4) is 0 Å². The van der Waals surface area contributed by atoms with Gasteiger partial charge in [0.2, 0.25) is 0 Å². The summed E-state index contributed by atoms with van der Waals surface area (Å²) in [5, 5.41) is 9.63. The number of hydrogen-bond acceptors (Lipinski definition) is 6. The molecule has 2 fully saturated rings. The third-order valence-electron chi connectivity index (χ3n) is 4.66. The minimum absolute atomic E-state index is 0.173. The average molecular weight is 320 g/mol. The van der Waals surface area contributed by atoms with Crippen LogP contribution in [-0.4, -0.2) is 59.1 Å². The highest BCUT2D eigenvalue weighted by molar-refractivity contribution is 5.51. The molecule has 0 saturated carbocycles. The molecule has 23 heavy (non-hydrogen) atoms. The van der Waals surface area contributed by atoms with Crippen molar-refractivity contribution in [2.45, 2.75) is 57.8 Å². The molecule has 0 bridgehead atoms. The lowest BCUT2D eigenvalue weighted by molar-refractivity contribution is -0.0751. The number of morpholine rings is 1. The zero-order valence-electron chi connectivity index (χ0n) is 14.4. The van der Waals surface area contributed by atoms with Gasteiger partial charge in [0.25, 0.3) is 0 Å². The summed E-state index contributed by atoms with van der Waals surface area (Å²) in [4.78, 5) is 13.4. The van der Waals surface area contributed by atoms with Crippen LogP contribution in [0.5, 0.6) is 0 Å². The number of hydrogen-bond donors (Lipinski definition) is 1. The van der Waals surface area contributed by atoms with E-state index in [0.29, 0.717) is 0 Å². The summed E-state index contributed by atoms with van der Waals surface area (Å²) >= 11 is 0. The Labute approximate surface area is 138 Å². The first-order valence-corrected chi connectivity index (χ1v) is 8.61. The number of aliphatic hydroxyl groups excluding tert-OH is 1. The van der Waals surface area contributed by atoms with Crippen LogP contribution >= 0.6 is 0 Å². The van der Waals surface area contributed by atoms with Crippen LogP contribution in [-0.2, 0) is 4.74 Å². The number of ether oxygens (including phenoxy) is 1. The Morgan fingerprint density at radius 1 is 1.30 bits per heavy atom. The standard InChI is InChI=1S/C17H28N4O2/c1-13-9-20(11-17(2,3)23-13)15-8-16(19-12-18-15)21-7-5-4-6-14(21)10-22/h8,12-14,22H,4-7,9-11H2,1-3H3. The van der Waals surface area contributed by atoms with Gasteiger partial charge in [-0.3, -0.25) is 0 Å². The Hall–Kier alpha value is -1.40. The highest BCUT2D eigenvalue weighted by atomic mass is 16.5. The maximum absolute atomic E-state index is 9.63. The molecule has 0 amide bonds. The van der Waals surface area contributed by atoms with E-state index in [1.165, 1.54) is 6.42 Å². The van der Waals surface area contributed by atoms with Gasteiger partial charge in [-0.2, -0.15) is 0 Å². The van der Waals surface area contributed by atoms with Gasteiger partial charge in [-0.25, -0.2) is 9.97 Å². The Morgan fingerprint density at radius 2 is 2.09 bits per heavy atom. The molecule has 0 radical (unpaired) electrons. The molecule has 2 saturated heterocycles. The number of aliphatic hydroxyl groups is 1. The van der Waals surface area contributed by atoms with Gasteiger partial charge in [0.05, 0.1) is 24.4 Å². The second kappa shape index (κ2) is 6.61. The first-order chi connectivity index (χ1) is 11.0. The fraction of sp³-hybridized carbons (Fsp3) is 0.765. The third kappa shape index (κ3) is 3.75. The summed E-state index contributed by atoms with van der Waals surface area (Å²) in [6, 6.07) is 2.23. The molecule has 2 aliphatic heterocycles. The first-order valence-electron chi connectivity index (χ1n) is 8.61. The van der Waals surface area contributed by atoms with Crippen LogP contribution in [0.1, 0.15) is 40.0 Å². The van der Waals surface area contributed by atoms with Crippen molar-refractivity contribution in [3.63, 3.8) is 0 Å². The molecule has 6 heteroatoms. The third-order valence-corrected chi connectivity index (χ3v) is 4.66. The lowest BCUT2D eigenvalue weighted by Crippen LogP contribution is -2.52. The van der Waals surface area contributed by atoms with Gasteiger partial charge in [-0.05, 0) is 40.0 Å². The lowest BCUT2D eigenvalue weighted by Gasteiger charge is -2.42. The Balaban J connectivity index is 1.82. The second-order valence-corrected chi connectivity index (χ2v) is 7.33. The van der Waals surface area contributed by atoms with Gasteiger partial charge in [-0.1, -0.05) is 0 Å². The highest BCUT2D eigenvalue weighted by Gasteiger charge is 2.32. The van der Waals surface area contributed by atoms with Crippen LogP contribution in [0.15, 0.2) is 12.4 Å². The zero-order chi connectivity index (χ0) is 16.4. The van der Waals surface area contributed by atoms with Gasteiger partial charge in [-0.15, -0.1) is 0 Å². The predicted molar refractivity (Wildman–Crippen MR) is 90.9 cm³/mol. The molecule has 6 nitrogen and oxygen atoms in total. The van der Waals surface area contributed by atoms with Crippen LogP contribution in [0, 0.1) is 0 Å². The minimum atomic E-state index is -0.179. The van der Waals surface area contributed by atoms with Crippen molar-refractivity contribution in [1.29, 1.82) is 0 Å². The van der Waals surface area contributed by atoms with Crippen molar-refractivity contribution in [2.24, 2.45) is 0 Å². The van der Waals surface area contributed by atoms with Crippen LogP contribution < -0.4 is 9.80 Å². The molecule has 0 aromatic carbocycles. The Bertz CT molecular complexity index is 537. The number of rotatable bonds is 3. The van der Waals surface area contributed by atoms with Crippen molar-refractivity contribution in [3.8, 4) is 0 Å². The van der Waals surface area contributed by atoms with E-state index in [9.17, 15) is 5.11 Å². The SMILES string of the molecule is CC1CN(c2cc(N3CCCCC3CO)ncn2)CC(C)(C)O1. The maximum Gasteiger partial charge on any atom is 0.134 e. The van der Waals surface area contributed by atoms with Gasteiger partial charge in [0.15, 0.2) is 0 Å². The monoisotopic (exact) mass is 320 g/mol. The summed E-state index contributed by atoms with van der Waals surface area (Å²) < 4.78 is 5.98. The minimum Gasteiger partial charge on any atom is -0.394 e. The Morgan fingerprint density at radius 3 is 2.83 bits per heavy atom. The normalized spacial score (nSPS) is 28.0. The topological polar surface area (TPSA) is 61.7 Å². The quantitative estimate of drug-likeness (QED) is 0.917. The predicted octanol–water partition coefficient (Wildman–Crippen LogP) is 1.83. The van der Waals surface area contributed by atoms with E-state index in [-0.39, 0.29) is 24.4 Å². The molecule has 2 unspecified atom stereocenters. The van der Waals surface area contributed by atoms with Gasteiger partial charge in [0, 0.05) is 25.7 Å². The second-order valence-electron chi connectivity index (χ2n) is 7.33. The van der Waals surface area contributed by atoms with Gasteiger partial charge < -0.3 is 19.6 Å². The van der Waals surface area contributed by atoms with E-state index in [1.54, 1.807) is 6.33 Å². The lowest BCUT2D eigenvalue weighted by atomic mass is 10.0. The number of anilines is 2. The maximum atomic E-state index is 9.63. The van der Waals surface area contributed by atoms with E-state index in [1.807, 2.05) is 0 Å². The van der Waals surface area contributed by atoms with E-state index in [2.05, 4.69) is 46.6 Å². The number of piperidine rings is 1. The van der Waals surface area contributed by atoms with E-state index in [4.69, 9.17) is 4.74 Å². The summed E-state index contributed by atoms with van der Waals surface area (Å²) in [6.45, 7) is 9.12. The summed E-state index contributed by atoms with van der Waals surface area (Å²) in [5.41, 5.74) is -0.179. The molecule has 1 aromatic heterocycles. The summed E-state index contributed by atoms with van der Waals surface area (Å²) in [6.07, 6.45) is 5.17. The highest BCUT2D eigenvalue weighted by Crippen LogP contribution is 2.28. The van der Waals surface area contributed by atoms with Crippen LogP contribution in [0.4, 0.5) is 11.6 Å². The molecule has 0 aliphatic carbocycles. The van der Waals surface area contributed by atoms with E-state index in [0.717, 1.165) is 44.1 Å². The van der Waals surface area contributed by atoms with Crippen molar-refractivity contribution in [3.05, 3.63) is 12.4 Å². The molecule has 1 aromatic rings. The largest absolute Gasteiger partial charge is 0.394 e. The first kappa shape index (κ1) is 16.5. The molecule has 0 spiro atoms. The fourth-order valence-corrected chi connectivity index (χ4v) is 3.79. The molecule has 2 aliphatic rings. The molecular formula is C17H28N4O2. The molecule has 2 atom stereocenters. The molecule has 3 rings (SSSR count). The van der Waals surface area contributed by atoms with Crippen LogP contribution in [0.25, 0.3) is 0 Å². The smallest absolute Gasteiger partial charge is 0.134 e. The molecule has 128 valence electrons. The average Bonchev–Trinajstić information content (AvgIpc) is 2.53. The van der Waals surface area contributed by atoms with Gasteiger partial charge >= 0.3 is 0 Å². The van der Waals surface area contributed by atoms with Crippen molar-refractivity contribution < 1.29 is 9.84 Å². The molecule has 3 heterocycles. The van der Waals surface area contributed by atoms with E-state index < -0.39 is 0 Å². The molecule has 1 N–H and O–H groups in total. The summed E-state index contributed by atoms with van der Waals surface area (Å²) in [7, 11) is 0. The summed E-state index contributed by atoms with van der Waals surface area (Å²) in [5.74, 6) is 1.87. The van der Waals surface area contributed by atoms with Gasteiger partial charge in [0.1, 0.15) is 18.0 Å². The van der Waals surface area contributed by atoms with E-state index >= 15 is 0 Å².